The van der Waals surface area contributed by atoms with Crippen LogP contribution in [0.2, 0.25) is 0 Å². The zero-order valence-electron chi connectivity index (χ0n) is 14.9. The van der Waals surface area contributed by atoms with Gasteiger partial charge in [0.25, 0.3) is 0 Å². The molecule has 0 spiro atoms. The molecule has 0 fully saturated rings. The van der Waals surface area contributed by atoms with Crippen molar-refractivity contribution in [2.45, 2.75) is 17.3 Å². The maximum Gasteiger partial charge on any atom is 0.321 e. The SMILES string of the molecule is CNC(=O)NC(=O)[C@H](Sc1nnc(C)n1-c1ccccc1)c1ccccc1. The standard InChI is InChI=1S/C19H19N5O2S/c1-13-22-23-19(24(13)15-11-7-4-8-12-15)27-16(14-9-5-3-6-10-14)17(25)21-18(26)20-2/h3-12,16H,1-2H3,(H2,20,21,25,26)/t16-/m1/s1. The monoisotopic (exact) mass is 381 g/mol. The number of urea groups is 1. The minimum absolute atomic E-state index is 0.425. The number of carbonyl (C=O) groups excluding carboxylic acids is 2. The fourth-order valence-electron chi connectivity index (χ4n) is 2.54. The molecule has 8 heteroatoms. The lowest BCUT2D eigenvalue weighted by Gasteiger charge is -2.16. The number of amides is 3. The molecule has 0 bridgehead atoms. The quantitative estimate of drug-likeness (QED) is 0.664. The van der Waals surface area contributed by atoms with E-state index in [1.165, 1.54) is 18.8 Å². The zero-order valence-corrected chi connectivity index (χ0v) is 15.7. The number of aromatic nitrogens is 3. The summed E-state index contributed by atoms with van der Waals surface area (Å²) in [5.41, 5.74) is 1.67. The number of aryl methyl sites for hydroxylation is 1. The van der Waals surface area contributed by atoms with Crippen LogP contribution in [-0.4, -0.2) is 33.8 Å². The minimum atomic E-state index is -0.658. The highest BCUT2D eigenvalue weighted by Gasteiger charge is 2.26. The van der Waals surface area contributed by atoms with Crippen molar-refractivity contribution in [2.24, 2.45) is 0 Å². The molecule has 0 aliphatic heterocycles. The lowest BCUT2D eigenvalue weighted by atomic mass is 10.1. The summed E-state index contributed by atoms with van der Waals surface area (Å²) >= 11 is 1.24. The van der Waals surface area contributed by atoms with E-state index in [4.69, 9.17) is 0 Å². The molecule has 138 valence electrons. The van der Waals surface area contributed by atoms with Gasteiger partial charge in [0.05, 0.1) is 0 Å². The van der Waals surface area contributed by atoms with Gasteiger partial charge in [0.15, 0.2) is 5.16 Å². The Morgan fingerprint density at radius 1 is 1.00 bits per heavy atom. The first-order chi connectivity index (χ1) is 13.1. The number of hydrogen-bond donors (Lipinski definition) is 2. The van der Waals surface area contributed by atoms with E-state index in [-0.39, 0.29) is 0 Å². The molecule has 2 aromatic carbocycles. The van der Waals surface area contributed by atoms with E-state index < -0.39 is 17.2 Å². The Bertz CT molecular complexity index is 928. The Morgan fingerprint density at radius 2 is 1.63 bits per heavy atom. The molecule has 0 unspecified atom stereocenters. The Labute approximate surface area is 161 Å². The van der Waals surface area contributed by atoms with E-state index in [0.717, 1.165) is 11.3 Å². The molecule has 0 saturated carbocycles. The van der Waals surface area contributed by atoms with E-state index in [2.05, 4.69) is 20.8 Å². The summed E-state index contributed by atoms with van der Waals surface area (Å²) in [5.74, 6) is 0.285. The average Bonchev–Trinajstić information content (AvgIpc) is 3.07. The fourth-order valence-corrected chi connectivity index (χ4v) is 3.64. The average molecular weight is 381 g/mol. The second-order valence-electron chi connectivity index (χ2n) is 5.68. The van der Waals surface area contributed by atoms with Crippen molar-refractivity contribution >= 4 is 23.7 Å². The normalized spacial score (nSPS) is 11.6. The van der Waals surface area contributed by atoms with Gasteiger partial charge in [-0.05, 0) is 24.6 Å². The Kier molecular flexibility index (Phi) is 5.87. The topological polar surface area (TPSA) is 88.9 Å². The molecular formula is C19H19N5O2S. The Hall–Kier alpha value is -3.13. The number of benzene rings is 2. The van der Waals surface area contributed by atoms with Crippen LogP contribution in [-0.2, 0) is 4.79 Å². The third-order valence-electron chi connectivity index (χ3n) is 3.84. The summed E-state index contributed by atoms with van der Waals surface area (Å²) in [4.78, 5) is 24.3. The van der Waals surface area contributed by atoms with Crippen LogP contribution in [0.15, 0.2) is 65.8 Å². The van der Waals surface area contributed by atoms with E-state index >= 15 is 0 Å². The van der Waals surface area contributed by atoms with Crippen LogP contribution in [0.5, 0.6) is 0 Å². The van der Waals surface area contributed by atoms with Crippen molar-refractivity contribution in [1.29, 1.82) is 0 Å². The van der Waals surface area contributed by atoms with Gasteiger partial charge in [0.1, 0.15) is 11.1 Å². The van der Waals surface area contributed by atoms with Gasteiger partial charge in [-0.1, -0.05) is 60.3 Å². The molecule has 27 heavy (non-hydrogen) atoms. The number of hydrogen-bond acceptors (Lipinski definition) is 5. The number of para-hydroxylation sites is 1. The zero-order chi connectivity index (χ0) is 19.2. The maximum atomic E-state index is 12.7. The van der Waals surface area contributed by atoms with Crippen LogP contribution < -0.4 is 10.6 Å². The van der Waals surface area contributed by atoms with Crippen molar-refractivity contribution in [2.75, 3.05) is 7.05 Å². The highest BCUT2D eigenvalue weighted by molar-refractivity contribution is 8.00. The number of rotatable bonds is 5. The van der Waals surface area contributed by atoms with Crippen LogP contribution in [0.3, 0.4) is 0 Å². The van der Waals surface area contributed by atoms with Gasteiger partial charge < -0.3 is 5.32 Å². The summed E-state index contributed by atoms with van der Waals surface area (Å²) in [7, 11) is 1.46. The first-order valence-corrected chi connectivity index (χ1v) is 9.19. The summed E-state index contributed by atoms with van der Waals surface area (Å²) < 4.78 is 1.88. The van der Waals surface area contributed by atoms with Gasteiger partial charge in [-0.3, -0.25) is 14.7 Å². The summed E-state index contributed by atoms with van der Waals surface area (Å²) in [6.45, 7) is 1.85. The third kappa shape index (κ3) is 4.35. The van der Waals surface area contributed by atoms with E-state index in [1.54, 1.807) is 0 Å². The molecule has 3 aromatic rings. The maximum absolute atomic E-state index is 12.7. The summed E-state index contributed by atoms with van der Waals surface area (Å²) in [6, 6.07) is 18.4. The Balaban J connectivity index is 1.96. The van der Waals surface area contributed by atoms with Gasteiger partial charge in [0, 0.05) is 12.7 Å². The van der Waals surface area contributed by atoms with E-state index in [1.807, 2.05) is 72.2 Å². The largest absolute Gasteiger partial charge is 0.341 e. The number of nitrogens with zero attached hydrogens (tertiary/aromatic N) is 3. The molecule has 0 saturated heterocycles. The van der Waals surface area contributed by atoms with Crippen LogP contribution in [0, 0.1) is 6.92 Å². The highest BCUT2D eigenvalue weighted by Crippen LogP contribution is 2.35. The molecule has 1 heterocycles. The fraction of sp³-hybridized carbons (Fsp3) is 0.158. The Morgan fingerprint density at radius 3 is 2.26 bits per heavy atom. The third-order valence-corrected chi connectivity index (χ3v) is 5.03. The molecular weight excluding hydrogens is 362 g/mol. The van der Waals surface area contributed by atoms with Crippen LogP contribution >= 0.6 is 11.8 Å². The molecule has 0 radical (unpaired) electrons. The van der Waals surface area contributed by atoms with Gasteiger partial charge in [-0.2, -0.15) is 0 Å². The molecule has 3 rings (SSSR count). The van der Waals surface area contributed by atoms with Crippen LogP contribution in [0.1, 0.15) is 16.6 Å². The van der Waals surface area contributed by atoms with Gasteiger partial charge in [0.2, 0.25) is 5.91 Å². The molecule has 7 nitrogen and oxygen atoms in total. The number of nitrogens with one attached hydrogen (secondary N) is 2. The molecule has 0 aliphatic rings. The van der Waals surface area contributed by atoms with Crippen LogP contribution in [0.4, 0.5) is 4.79 Å². The predicted molar refractivity (Wildman–Crippen MR) is 104 cm³/mol. The second kappa shape index (κ2) is 8.50. The van der Waals surface area contributed by atoms with Crippen molar-refractivity contribution in [3.63, 3.8) is 0 Å². The van der Waals surface area contributed by atoms with Crippen molar-refractivity contribution < 1.29 is 9.59 Å². The van der Waals surface area contributed by atoms with Gasteiger partial charge in [-0.25, -0.2) is 4.79 Å². The lowest BCUT2D eigenvalue weighted by Crippen LogP contribution is -2.39. The molecule has 2 N–H and O–H groups in total. The first-order valence-electron chi connectivity index (χ1n) is 8.31. The number of imide groups is 1. The lowest BCUT2D eigenvalue weighted by molar-refractivity contribution is -0.119. The predicted octanol–water partition coefficient (Wildman–Crippen LogP) is 2.86. The van der Waals surface area contributed by atoms with Crippen LogP contribution in [0.25, 0.3) is 5.69 Å². The van der Waals surface area contributed by atoms with Crippen molar-refractivity contribution in [1.82, 2.24) is 25.4 Å². The van der Waals surface area contributed by atoms with Gasteiger partial charge in [-0.15, -0.1) is 10.2 Å². The van der Waals surface area contributed by atoms with E-state index in [0.29, 0.717) is 11.0 Å². The molecule has 1 aromatic heterocycles. The van der Waals surface area contributed by atoms with Crippen molar-refractivity contribution in [3.8, 4) is 5.69 Å². The summed E-state index contributed by atoms with van der Waals surface area (Å²) in [5, 5.41) is 13.0. The number of carbonyl (C=O) groups is 2. The highest BCUT2D eigenvalue weighted by atomic mass is 32.2. The smallest absolute Gasteiger partial charge is 0.321 e. The second-order valence-corrected chi connectivity index (χ2v) is 6.75. The molecule has 3 amide bonds. The molecule has 0 aliphatic carbocycles. The minimum Gasteiger partial charge on any atom is -0.341 e. The van der Waals surface area contributed by atoms with Gasteiger partial charge >= 0.3 is 6.03 Å². The molecule has 1 atom stereocenters. The first kappa shape index (κ1) is 18.7. The summed E-state index contributed by atoms with van der Waals surface area (Å²) in [6.07, 6.45) is 0. The van der Waals surface area contributed by atoms with Crippen molar-refractivity contribution in [3.05, 3.63) is 72.1 Å². The van der Waals surface area contributed by atoms with E-state index in [9.17, 15) is 9.59 Å². The number of thioether (sulfide) groups is 1.